The van der Waals surface area contributed by atoms with E-state index in [-0.39, 0.29) is 11.0 Å². The third kappa shape index (κ3) is 3.78. The van der Waals surface area contributed by atoms with Gasteiger partial charge in [-0.05, 0) is 42.8 Å². The molecule has 1 unspecified atom stereocenters. The van der Waals surface area contributed by atoms with E-state index in [0.717, 1.165) is 16.7 Å². The molecule has 5 nitrogen and oxygen atoms in total. The summed E-state index contributed by atoms with van der Waals surface area (Å²) >= 11 is 0. The highest BCUT2D eigenvalue weighted by Gasteiger charge is 2.24. The van der Waals surface area contributed by atoms with Gasteiger partial charge in [-0.1, -0.05) is 60.2 Å². The molecule has 0 spiro atoms. The van der Waals surface area contributed by atoms with Crippen LogP contribution in [0.15, 0.2) is 89.8 Å². The average Bonchev–Trinajstić information content (AvgIpc) is 2.73. The van der Waals surface area contributed by atoms with Gasteiger partial charge in [-0.25, -0.2) is 5.48 Å². The number of para-hydroxylation sites is 1. The van der Waals surface area contributed by atoms with Crippen molar-refractivity contribution in [1.29, 1.82) is 0 Å². The molecule has 0 bridgehead atoms. The Kier molecular flexibility index (Phi) is 4.90. The highest BCUT2D eigenvalue weighted by Crippen LogP contribution is 2.36. The molecule has 142 valence electrons. The highest BCUT2D eigenvalue weighted by molar-refractivity contribution is 7.86. The fourth-order valence-corrected chi connectivity index (χ4v) is 3.72. The van der Waals surface area contributed by atoms with Crippen molar-refractivity contribution < 1.29 is 17.4 Å². The monoisotopic (exact) mass is 393 g/mol. The first kappa shape index (κ1) is 18.3. The summed E-state index contributed by atoms with van der Waals surface area (Å²) in [5.74, 6) is 0.651. The van der Waals surface area contributed by atoms with Crippen molar-refractivity contribution in [3.05, 3.63) is 102 Å². The maximum absolute atomic E-state index is 12.5. The van der Waals surface area contributed by atoms with Crippen molar-refractivity contribution >= 4 is 15.8 Å². The van der Waals surface area contributed by atoms with E-state index in [0.29, 0.717) is 11.4 Å². The van der Waals surface area contributed by atoms with Crippen LogP contribution in [0.3, 0.4) is 0 Å². The number of ether oxygens (including phenoxy) is 1. The van der Waals surface area contributed by atoms with Gasteiger partial charge in [-0.2, -0.15) is 8.42 Å². The van der Waals surface area contributed by atoms with Gasteiger partial charge in [0, 0.05) is 5.56 Å². The zero-order chi connectivity index (χ0) is 19.6. The Hall–Kier alpha value is -3.09. The summed E-state index contributed by atoms with van der Waals surface area (Å²) in [7, 11) is -3.95. The summed E-state index contributed by atoms with van der Waals surface area (Å²) in [4.78, 5) is 0.0890. The number of rotatable bonds is 5. The summed E-state index contributed by atoms with van der Waals surface area (Å²) < 4.78 is 36.2. The van der Waals surface area contributed by atoms with E-state index in [1.807, 2.05) is 67.6 Å². The predicted molar refractivity (Wildman–Crippen MR) is 107 cm³/mol. The lowest BCUT2D eigenvalue weighted by Gasteiger charge is -2.26. The molecular formula is C22H19NO4S. The Morgan fingerprint density at radius 3 is 2.32 bits per heavy atom. The SMILES string of the molecule is Cc1ccc(S(=O)(=O)ONC2=CC(c3ccccc3)Oc3ccccc32)cc1. The van der Waals surface area contributed by atoms with Crippen LogP contribution in [0, 0.1) is 6.92 Å². The second-order valence-corrected chi connectivity index (χ2v) is 8.02. The molecule has 0 amide bonds. The molecule has 1 heterocycles. The van der Waals surface area contributed by atoms with Crippen LogP contribution in [0.4, 0.5) is 0 Å². The molecular weight excluding hydrogens is 374 g/mol. The maximum Gasteiger partial charge on any atom is 0.317 e. The third-order valence-electron chi connectivity index (χ3n) is 4.45. The molecule has 6 heteroatoms. The predicted octanol–water partition coefficient (Wildman–Crippen LogP) is 4.38. The lowest BCUT2D eigenvalue weighted by Crippen LogP contribution is -2.23. The van der Waals surface area contributed by atoms with Crippen LogP contribution < -0.4 is 10.2 Å². The third-order valence-corrected chi connectivity index (χ3v) is 5.60. The Morgan fingerprint density at radius 2 is 1.57 bits per heavy atom. The van der Waals surface area contributed by atoms with E-state index in [1.165, 1.54) is 12.1 Å². The Labute approximate surface area is 164 Å². The van der Waals surface area contributed by atoms with Gasteiger partial charge in [0.15, 0.2) is 0 Å². The van der Waals surface area contributed by atoms with Crippen molar-refractivity contribution in [1.82, 2.24) is 5.48 Å². The minimum atomic E-state index is -3.95. The quantitative estimate of drug-likeness (QED) is 0.652. The van der Waals surface area contributed by atoms with Gasteiger partial charge >= 0.3 is 10.1 Å². The van der Waals surface area contributed by atoms with Crippen LogP contribution in [0.5, 0.6) is 5.75 Å². The molecule has 1 aliphatic heterocycles. The van der Waals surface area contributed by atoms with E-state index < -0.39 is 10.1 Å². The molecule has 1 aliphatic rings. The van der Waals surface area contributed by atoms with Crippen LogP contribution >= 0.6 is 0 Å². The molecule has 3 aromatic rings. The summed E-state index contributed by atoms with van der Waals surface area (Å²) in [6, 6.07) is 23.6. The van der Waals surface area contributed by atoms with Gasteiger partial charge in [0.25, 0.3) is 0 Å². The summed E-state index contributed by atoms with van der Waals surface area (Å²) in [6.07, 6.45) is 1.45. The summed E-state index contributed by atoms with van der Waals surface area (Å²) in [6.45, 7) is 1.89. The number of nitrogens with one attached hydrogen (secondary N) is 1. The molecule has 0 radical (unpaired) electrons. The Morgan fingerprint density at radius 1 is 0.893 bits per heavy atom. The molecule has 1 atom stereocenters. The van der Waals surface area contributed by atoms with Gasteiger partial charge in [0.1, 0.15) is 11.9 Å². The van der Waals surface area contributed by atoms with Crippen LogP contribution in [-0.2, 0) is 14.4 Å². The maximum atomic E-state index is 12.5. The van der Waals surface area contributed by atoms with E-state index in [9.17, 15) is 8.42 Å². The molecule has 28 heavy (non-hydrogen) atoms. The fourth-order valence-electron chi connectivity index (χ4n) is 2.95. The average molecular weight is 393 g/mol. The van der Waals surface area contributed by atoms with Gasteiger partial charge in [-0.3, -0.25) is 0 Å². The first-order chi connectivity index (χ1) is 13.5. The molecule has 0 fully saturated rings. The lowest BCUT2D eigenvalue weighted by atomic mass is 10.0. The molecule has 0 saturated carbocycles. The largest absolute Gasteiger partial charge is 0.481 e. The van der Waals surface area contributed by atoms with Crippen molar-refractivity contribution in [2.24, 2.45) is 0 Å². The molecule has 0 saturated heterocycles. The van der Waals surface area contributed by atoms with Crippen molar-refractivity contribution in [2.75, 3.05) is 0 Å². The summed E-state index contributed by atoms with van der Waals surface area (Å²) in [5.41, 5.74) is 5.82. The van der Waals surface area contributed by atoms with E-state index >= 15 is 0 Å². The lowest BCUT2D eigenvalue weighted by molar-refractivity contribution is 0.231. The van der Waals surface area contributed by atoms with Gasteiger partial charge in [0.2, 0.25) is 0 Å². The van der Waals surface area contributed by atoms with Crippen molar-refractivity contribution in [3.8, 4) is 5.75 Å². The molecule has 1 N–H and O–H groups in total. The van der Waals surface area contributed by atoms with Crippen LogP contribution in [0.1, 0.15) is 22.8 Å². The standard InChI is InChI=1S/C22H19NO4S/c1-16-11-13-18(14-12-16)28(24,25)27-23-20-15-22(17-7-3-2-4-8-17)26-21-10-6-5-9-19(20)21/h2-15,22-23H,1H3. The normalized spacial score (nSPS) is 15.9. The number of fused-ring (bicyclic) bond motifs is 1. The zero-order valence-corrected chi connectivity index (χ0v) is 16.0. The summed E-state index contributed by atoms with van der Waals surface area (Å²) in [5, 5.41) is 0. The van der Waals surface area contributed by atoms with Crippen LogP contribution in [-0.4, -0.2) is 8.42 Å². The van der Waals surface area contributed by atoms with Crippen LogP contribution in [0.25, 0.3) is 5.70 Å². The second-order valence-electron chi connectivity index (χ2n) is 6.48. The van der Waals surface area contributed by atoms with Gasteiger partial charge < -0.3 is 4.74 Å². The van der Waals surface area contributed by atoms with E-state index in [4.69, 9.17) is 9.02 Å². The number of hydroxylamine groups is 1. The van der Waals surface area contributed by atoms with E-state index in [2.05, 4.69) is 5.48 Å². The van der Waals surface area contributed by atoms with Crippen molar-refractivity contribution in [2.45, 2.75) is 17.9 Å². The molecule has 0 aliphatic carbocycles. The van der Waals surface area contributed by atoms with Crippen molar-refractivity contribution in [3.63, 3.8) is 0 Å². The molecule has 3 aromatic carbocycles. The zero-order valence-electron chi connectivity index (χ0n) is 15.2. The van der Waals surface area contributed by atoms with Crippen LogP contribution in [0.2, 0.25) is 0 Å². The van der Waals surface area contributed by atoms with E-state index in [1.54, 1.807) is 12.1 Å². The van der Waals surface area contributed by atoms with Gasteiger partial charge in [0.05, 0.1) is 10.6 Å². The molecule has 0 aromatic heterocycles. The fraction of sp³-hybridized carbons (Fsp3) is 0.0909. The number of aryl methyl sites for hydroxylation is 1. The first-order valence-corrected chi connectivity index (χ1v) is 10.2. The second kappa shape index (κ2) is 7.50. The first-order valence-electron chi connectivity index (χ1n) is 8.82. The smallest absolute Gasteiger partial charge is 0.317 e. The minimum Gasteiger partial charge on any atom is -0.481 e. The number of benzene rings is 3. The number of hydrogen-bond donors (Lipinski definition) is 1. The molecule has 4 rings (SSSR count). The minimum absolute atomic E-state index is 0.0890. The number of hydrogen-bond acceptors (Lipinski definition) is 5. The highest BCUT2D eigenvalue weighted by atomic mass is 32.2. The Balaban J connectivity index is 1.62. The topological polar surface area (TPSA) is 64.6 Å². The Bertz CT molecular complexity index is 1110. The van der Waals surface area contributed by atoms with Gasteiger partial charge in [-0.15, -0.1) is 4.28 Å².